The second kappa shape index (κ2) is 12.1. The molecule has 0 spiro atoms. The minimum absolute atomic E-state index is 0.0473. The van der Waals surface area contributed by atoms with E-state index in [1.54, 1.807) is 13.1 Å². The Morgan fingerprint density at radius 1 is 1.15 bits per heavy atom. The highest BCUT2D eigenvalue weighted by molar-refractivity contribution is 6.00. The van der Waals surface area contributed by atoms with Crippen molar-refractivity contribution < 1.29 is 22.8 Å². The Bertz CT molecular complexity index is 1080. The molecule has 0 unspecified atom stereocenters. The maximum atomic E-state index is 13.7. The fourth-order valence-electron chi connectivity index (χ4n) is 3.14. The van der Waals surface area contributed by atoms with E-state index in [-0.39, 0.29) is 17.9 Å². The lowest BCUT2D eigenvalue weighted by atomic mass is 10.0. The van der Waals surface area contributed by atoms with Gasteiger partial charge in [0.1, 0.15) is 6.61 Å². The third-order valence-corrected chi connectivity index (χ3v) is 4.82. The molecule has 2 aromatic rings. The van der Waals surface area contributed by atoms with Gasteiger partial charge in [-0.05, 0) is 38.0 Å². The van der Waals surface area contributed by atoms with Gasteiger partial charge in [-0.15, -0.1) is 0 Å². The summed E-state index contributed by atoms with van der Waals surface area (Å²) < 4.78 is 41.1. The van der Waals surface area contributed by atoms with Crippen molar-refractivity contribution >= 4 is 11.5 Å². The van der Waals surface area contributed by atoms with Crippen LogP contribution in [0.4, 0.5) is 13.2 Å². The standard InChI is InChI=1S/C25H28F3N3O2/c1-6-7-8-11-19-13-14-20(23(15-19)25(26,27)28)18(3)30-33-16-22-17(2)10-9-12-21(22)24(29-4)31-32-5/h9-10,12-15H,6-7,16H2,1-5H3,(H,29,31)/b30-18+. The predicted octanol–water partition coefficient (Wildman–Crippen LogP) is 5.63. The van der Waals surface area contributed by atoms with E-state index in [4.69, 9.17) is 9.68 Å². The minimum Gasteiger partial charge on any atom is -0.391 e. The number of oxime groups is 1. The van der Waals surface area contributed by atoms with Crippen molar-refractivity contribution in [2.24, 2.45) is 10.1 Å². The summed E-state index contributed by atoms with van der Waals surface area (Å²) in [7, 11) is 3.09. The van der Waals surface area contributed by atoms with Crippen LogP contribution in [0, 0.1) is 18.8 Å². The summed E-state index contributed by atoms with van der Waals surface area (Å²) >= 11 is 0. The lowest BCUT2D eigenvalue weighted by Gasteiger charge is -2.15. The molecule has 0 aliphatic heterocycles. The van der Waals surface area contributed by atoms with Crippen LogP contribution in [0.1, 0.15) is 60.1 Å². The van der Waals surface area contributed by atoms with E-state index in [2.05, 4.69) is 27.5 Å². The number of hydroxylamine groups is 1. The van der Waals surface area contributed by atoms with Gasteiger partial charge in [-0.3, -0.25) is 9.83 Å². The molecule has 0 aliphatic carbocycles. The molecule has 176 valence electrons. The number of alkyl halides is 3. The number of nitrogens with zero attached hydrogens (tertiary/aromatic N) is 2. The largest absolute Gasteiger partial charge is 0.417 e. The molecule has 2 rings (SSSR count). The predicted molar refractivity (Wildman–Crippen MR) is 124 cm³/mol. The molecule has 0 aliphatic rings. The van der Waals surface area contributed by atoms with Crippen LogP contribution in [0.5, 0.6) is 0 Å². The van der Waals surface area contributed by atoms with Gasteiger partial charge >= 0.3 is 6.18 Å². The second-order valence-electron chi connectivity index (χ2n) is 7.24. The van der Waals surface area contributed by atoms with E-state index < -0.39 is 11.7 Å². The van der Waals surface area contributed by atoms with Crippen molar-refractivity contribution in [1.82, 2.24) is 5.48 Å². The summed E-state index contributed by atoms with van der Waals surface area (Å²) in [5, 5.41) is 3.97. The molecular weight excluding hydrogens is 431 g/mol. The zero-order valence-electron chi connectivity index (χ0n) is 19.4. The summed E-state index contributed by atoms with van der Waals surface area (Å²) in [5.74, 6) is 6.15. The zero-order chi connectivity index (χ0) is 24.4. The van der Waals surface area contributed by atoms with Crippen LogP contribution in [-0.2, 0) is 22.5 Å². The molecular formula is C25H28F3N3O2. The number of halogens is 3. The Morgan fingerprint density at radius 3 is 2.55 bits per heavy atom. The summed E-state index contributed by atoms with van der Waals surface area (Å²) in [5.41, 5.74) is 4.76. The molecule has 8 heteroatoms. The average molecular weight is 460 g/mol. The van der Waals surface area contributed by atoms with Crippen molar-refractivity contribution in [3.63, 3.8) is 0 Å². The Labute approximate surface area is 192 Å². The minimum atomic E-state index is -4.55. The number of hydrogen-bond acceptors (Lipinski definition) is 4. The first-order valence-electron chi connectivity index (χ1n) is 10.4. The number of rotatable bonds is 7. The highest BCUT2D eigenvalue weighted by atomic mass is 19.4. The first kappa shape index (κ1) is 25.9. The number of aryl methyl sites for hydroxylation is 1. The first-order chi connectivity index (χ1) is 15.7. The van der Waals surface area contributed by atoms with E-state index in [9.17, 15) is 13.2 Å². The number of nitrogens with one attached hydrogen (secondary N) is 1. The smallest absolute Gasteiger partial charge is 0.391 e. The van der Waals surface area contributed by atoms with Crippen molar-refractivity contribution in [3.05, 3.63) is 69.8 Å². The Morgan fingerprint density at radius 2 is 1.91 bits per heavy atom. The molecule has 5 nitrogen and oxygen atoms in total. The van der Waals surface area contributed by atoms with E-state index in [1.807, 2.05) is 32.0 Å². The van der Waals surface area contributed by atoms with Gasteiger partial charge in [-0.2, -0.15) is 13.2 Å². The number of amidine groups is 1. The van der Waals surface area contributed by atoms with E-state index in [0.29, 0.717) is 17.8 Å². The van der Waals surface area contributed by atoms with Gasteiger partial charge in [0.05, 0.1) is 18.4 Å². The van der Waals surface area contributed by atoms with Crippen LogP contribution in [-0.4, -0.2) is 25.7 Å². The topological polar surface area (TPSA) is 55.2 Å². The van der Waals surface area contributed by atoms with Crippen LogP contribution in [0.25, 0.3) is 0 Å². The Balaban J connectivity index is 2.32. The van der Waals surface area contributed by atoms with Crippen molar-refractivity contribution in [2.75, 3.05) is 14.2 Å². The maximum Gasteiger partial charge on any atom is 0.417 e. The monoisotopic (exact) mass is 459 g/mol. The summed E-state index contributed by atoms with van der Waals surface area (Å²) in [6.07, 6.45) is -3.07. The van der Waals surface area contributed by atoms with Crippen molar-refractivity contribution in [2.45, 2.75) is 46.4 Å². The molecule has 0 saturated carbocycles. The van der Waals surface area contributed by atoms with Gasteiger partial charge in [0.25, 0.3) is 0 Å². The van der Waals surface area contributed by atoms with Crippen LogP contribution >= 0.6 is 0 Å². The number of aliphatic imine (C=N–C) groups is 1. The summed E-state index contributed by atoms with van der Waals surface area (Å²) in [6, 6.07) is 9.61. The third kappa shape index (κ3) is 7.09. The Kier molecular flexibility index (Phi) is 9.49. The fourth-order valence-corrected chi connectivity index (χ4v) is 3.14. The third-order valence-electron chi connectivity index (χ3n) is 4.82. The van der Waals surface area contributed by atoms with E-state index in [1.165, 1.54) is 20.1 Å². The first-order valence-corrected chi connectivity index (χ1v) is 10.4. The lowest BCUT2D eigenvalue weighted by Crippen LogP contribution is -2.24. The van der Waals surface area contributed by atoms with Crippen LogP contribution in [0.2, 0.25) is 0 Å². The molecule has 0 bridgehead atoms. The van der Waals surface area contributed by atoms with Gasteiger partial charge < -0.3 is 4.84 Å². The maximum absolute atomic E-state index is 13.7. The molecule has 0 radical (unpaired) electrons. The molecule has 0 amide bonds. The molecule has 0 aromatic heterocycles. The van der Waals surface area contributed by atoms with Crippen LogP contribution < -0.4 is 5.48 Å². The van der Waals surface area contributed by atoms with Crippen LogP contribution in [0.15, 0.2) is 46.5 Å². The van der Waals surface area contributed by atoms with E-state index >= 15 is 0 Å². The van der Waals surface area contributed by atoms with Gasteiger partial charge in [0, 0.05) is 35.7 Å². The quantitative estimate of drug-likeness (QED) is 0.253. The molecule has 0 heterocycles. The van der Waals surface area contributed by atoms with E-state index in [0.717, 1.165) is 29.2 Å². The SMILES string of the molecule is CCCC#Cc1ccc(/C(C)=N/OCc2c(C)cccc2C(=NC)NOC)c(C(F)(F)F)c1. The van der Waals surface area contributed by atoms with Gasteiger partial charge in [-0.1, -0.05) is 48.2 Å². The Hall–Kier alpha value is -3.31. The van der Waals surface area contributed by atoms with Crippen molar-refractivity contribution in [3.8, 4) is 11.8 Å². The zero-order valence-corrected chi connectivity index (χ0v) is 19.4. The molecule has 0 atom stereocenters. The normalized spacial score (nSPS) is 12.2. The van der Waals surface area contributed by atoms with Gasteiger partial charge in [0.2, 0.25) is 0 Å². The fraction of sp³-hybridized carbons (Fsp3) is 0.360. The number of benzene rings is 2. The van der Waals surface area contributed by atoms with Crippen molar-refractivity contribution in [1.29, 1.82) is 0 Å². The average Bonchev–Trinajstić information content (AvgIpc) is 2.78. The van der Waals surface area contributed by atoms with Gasteiger partial charge in [0.15, 0.2) is 5.84 Å². The highest BCUT2D eigenvalue weighted by Gasteiger charge is 2.34. The number of hydrogen-bond donors (Lipinski definition) is 1. The molecule has 0 saturated heterocycles. The summed E-state index contributed by atoms with van der Waals surface area (Å²) in [4.78, 5) is 14.6. The molecule has 2 aromatic carbocycles. The molecule has 0 fully saturated rings. The highest BCUT2D eigenvalue weighted by Crippen LogP contribution is 2.33. The lowest BCUT2D eigenvalue weighted by molar-refractivity contribution is -0.137. The second-order valence-corrected chi connectivity index (χ2v) is 7.24. The molecule has 33 heavy (non-hydrogen) atoms. The van der Waals surface area contributed by atoms with Gasteiger partial charge in [-0.25, -0.2) is 5.48 Å². The number of unbranched alkanes of at least 4 members (excludes halogenated alkanes) is 1. The van der Waals surface area contributed by atoms with Crippen LogP contribution in [0.3, 0.4) is 0 Å². The molecule has 1 N–H and O–H groups in total. The summed E-state index contributed by atoms with van der Waals surface area (Å²) in [6.45, 7) is 5.39.